The maximum atomic E-state index is 11.9. The lowest BCUT2D eigenvalue weighted by Crippen LogP contribution is -2.42. The molecule has 2 amide bonds. The van der Waals surface area contributed by atoms with Gasteiger partial charge in [0.2, 0.25) is 0 Å². The second kappa shape index (κ2) is 9.37. The fourth-order valence-electron chi connectivity index (χ4n) is 2.29. The molecule has 0 saturated carbocycles. The van der Waals surface area contributed by atoms with Crippen molar-refractivity contribution in [3.63, 3.8) is 0 Å². The van der Waals surface area contributed by atoms with Crippen LogP contribution in [0.15, 0.2) is 24.3 Å². The van der Waals surface area contributed by atoms with Crippen LogP contribution in [0.25, 0.3) is 0 Å². The summed E-state index contributed by atoms with van der Waals surface area (Å²) in [5.74, 6) is 0.769. The number of anilines is 1. The van der Waals surface area contributed by atoms with Gasteiger partial charge in [0.25, 0.3) is 0 Å². The van der Waals surface area contributed by atoms with Crippen LogP contribution in [0, 0.1) is 0 Å². The lowest BCUT2D eigenvalue weighted by atomic mass is 10.3. The molecule has 1 aromatic rings. The summed E-state index contributed by atoms with van der Waals surface area (Å²) in [5.41, 5.74) is 0.731. The van der Waals surface area contributed by atoms with Crippen molar-refractivity contribution in [2.24, 2.45) is 0 Å². The largest absolute Gasteiger partial charge is 0.491 e. The minimum atomic E-state index is -0.195. The van der Waals surface area contributed by atoms with E-state index in [0.29, 0.717) is 6.54 Å². The van der Waals surface area contributed by atoms with Gasteiger partial charge in [-0.15, -0.1) is 0 Å². The van der Waals surface area contributed by atoms with Gasteiger partial charge in [-0.3, -0.25) is 4.90 Å². The molecule has 23 heavy (non-hydrogen) atoms. The first-order valence-electron chi connectivity index (χ1n) is 8.29. The number of carbonyl (C=O) groups is 1. The molecule has 6 nitrogen and oxygen atoms in total. The summed E-state index contributed by atoms with van der Waals surface area (Å²) in [4.78, 5) is 14.2. The Hall–Kier alpha value is -1.79. The minimum absolute atomic E-state index is 0.160. The molecule has 1 atom stereocenters. The molecule has 1 aliphatic heterocycles. The number of hydrogen-bond donors (Lipinski definition) is 2. The highest BCUT2D eigenvalue weighted by atomic mass is 16.5. The van der Waals surface area contributed by atoms with Crippen molar-refractivity contribution in [2.45, 2.75) is 26.4 Å². The van der Waals surface area contributed by atoms with Crippen molar-refractivity contribution in [1.29, 1.82) is 0 Å². The van der Waals surface area contributed by atoms with E-state index in [2.05, 4.69) is 22.5 Å². The Morgan fingerprint density at radius 3 is 2.91 bits per heavy atom. The molecule has 0 radical (unpaired) electrons. The molecule has 0 aliphatic carbocycles. The van der Waals surface area contributed by atoms with Gasteiger partial charge in [0.15, 0.2) is 0 Å². The Kier molecular flexibility index (Phi) is 7.16. The lowest BCUT2D eigenvalue weighted by Gasteiger charge is -2.26. The molecule has 0 aromatic heterocycles. The summed E-state index contributed by atoms with van der Waals surface area (Å²) >= 11 is 0. The smallest absolute Gasteiger partial charge is 0.319 e. The molecule has 2 N–H and O–H groups in total. The van der Waals surface area contributed by atoms with Gasteiger partial charge in [0, 0.05) is 37.9 Å². The van der Waals surface area contributed by atoms with Crippen LogP contribution in [0.3, 0.4) is 0 Å². The summed E-state index contributed by atoms with van der Waals surface area (Å²) in [5, 5.41) is 5.71. The van der Waals surface area contributed by atoms with Gasteiger partial charge in [0.05, 0.1) is 19.3 Å². The molecule has 128 valence electrons. The zero-order chi connectivity index (χ0) is 16.5. The number of urea groups is 1. The molecule has 0 bridgehead atoms. The molecule has 1 aliphatic rings. The number of carbonyl (C=O) groups excluding carboxylic acids is 1. The van der Waals surface area contributed by atoms with E-state index in [1.54, 1.807) is 0 Å². The van der Waals surface area contributed by atoms with Gasteiger partial charge >= 0.3 is 6.03 Å². The Morgan fingerprint density at radius 2 is 2.17 bits per heavy atom. The SMILES string of the molecule is CCC(C)Oc1cccc(NC(=O)NCCN2CCOCC2)c1. The number of amides is 2. The summed E-state index contributed by atoms with van der Waals surface area (Å²) in [6.07, 6.45) is 1.10. The van der Waals surface area contributed by atoms with Crippen molar-refractivity contribution < 1.29 is 14.3 Å². The first-order valence-corrected chi connectivity index (χ1v) is 8.29. The van der Waals surface area contributed by atoms with Crippen molar-refractivity contribution in [3.05, 3.63) is 24.3 Å². The van der Waals surface area contributed by atoms with Crippen molar-refractivity contribution >= 4 is 11.7 Å². The van der Waals surface area contributed by atoms with E-state index in [-0.39, 0.29) is 12.1 Å². The van der Waals surface area contributed by atoms with Gasteiger partial charge in [-0.05, 0) is 25.5 Å². The van der Waals surface area contributed by atoms with Crippen LogP contribution in [0.1, 0.15) is 20.3 Å². The highest BCUT2D eigenvalue weighted by Crippen LogP contribution is 2.19. The fraction of sp³-hybridized carbons (Fsp3) is 0.588. The van der Waals surface area contributed by atoms with Crippen LogP contribution in [-0.2, 0) is 4.74 Å². The summed E-state index contributed by atoms with van der Waals surface area (Å²) in [6.45, 7) is 8.97. The number of nitrogens with one attached hydrogen (secondary N) is 2. The zero-order valence-electron chi connectivity index (χ0n) is 14.0. The van der Waals surface area contributed by atoms with Crippen molar-refractivity contribution in [1.82, 2.24) is 10.2 Å². The van der Waals surface area contributed by atoms with E-state index in [0.717, 1.165) is 50.7 Å². The number of hydrogen-bond acceptors (Lipinski definition) is 4. The van der Waals surface area contributed by atoms with Crippen LogP contribution in [0.2, 0.25) is 0 Å². The molecular formula is C17H27N3O3. The number of ether oxygens (including phenoxy) is 2. The highest BCUT2D eigenvalue weighted by Gasteiger charge is 2.10. The van der Waals surface area contributed by atoms with Crippen LogP contribution in [0.4, 0.5) is 10.5 Å². The van der Waals surface area contributed by atoms with Crippen LogP contribution in [-0.4, -0.2) is 56.4 Å². The van der Waals surface area contributed by atoms with Gasteiger partial charge in [-0.1, -0.05) is 13.0 Å². The second-order valence-corrected chi connectivity index (χ2v) is 5.70. The quantitative estimate of drug-likeness (QED) is 0.809. The molecule has 1 unspecified atom stereocenters. The molecule has 1 heterocycles. The maximum absolute atomic E-state index is 11.9. The number of rotatable bonds is 7. The maximum Gasteiger partial charge on any atom is 0.319 e. The van der Waals surface area contributed by atoms with Crippen molar-refractivity contribution in [2.75, 3.05) is 44.7 Å². The second-order valence-electron chi connectivity index (χ2n) is 5.70. The van der Waals surface area contributed by atoms with Gasteiger partial charge in [-0.25, -0.2) is 4.79 Å². The van der Waals surface area contributed by atoms with Crippen molar-refractivity contribution in [3.8, 4) is 5.75 Å². The summed E-state index contributed by atoms with van der Waals surface area (Å²) in [7, 11) is 0. The number of morpholine rings is 1. The molecule has 2 rings (SSSR count). The van der Waals surface area contributed by atoms with Gasteiger partial charge < -0.3 is 20.1 Å². The molecule has 6 heteroatoms. The number of nitrogens with zero attached hydrogens (tertiary/aromatic N) is 1. The van der Waals surface area contributed by atoms with Crippen LogP contribution >= 0.6 is 0 Å². The van der Waals surface area contributed by atoms with Crippen LogP contribution in [0.5, 0.6) is 5.75 Å². The topological polar surface area (TPSA) is 62.8 Å². The van der Waals surface area contributed by atoms with E-state index in [4.69, 9.17) is 9.47 Å². The Balaban J connectivity index is 1.72. The Bertz CT molecular complexity index is 490. The predicted molar refractivity (Wildman–Crippen MR) is 91.1 cm³/mol. The third kappa shape index (κ3) is 6.46. The highest BCUT2D eigenvalue weighted by molar-refractivity contribution is 5.89. The first kappa shape index (κ1) is 17.6. The van der Waals surface area contributed by atoms with Gasteiger partial charge in [-0.2, -0.15) is 0 Å². The third-order valence-corrected chi connectivity index (χ3v) is 3.82. The number of benzene rings is 1. The molecular weight excluding hydrogens is 294 g/mol. The zero-order valence-corrected chi connectivity index (χ0v) is 14.0. The first-order chi connectivity index (χ1) is 11.2. The molecule has 1 saturated heterocycles. The van der Waals surface area contributed by atoms with E-state index in [9.17, 15) is 4.79 Å². The average Bonchev–Trinajstić information content (AvgIpc) is 2.56. The minimum Gasteiger partial charge on any atom is -0.491 e. The fourth-order valence-corrected chi connectivity index (χ4v) is 2.29. The van der Waals surface area contributed by atoms with Crippen LogP contribution < -0.4 is 15.4 Å². The van der Waals surface area contributed by atoms with E-state index in [1.165, 1.54) is 0 Å². The van der Waals surface area contributed by atoms with E-state index in [1.807, 2.05) is 31.2 Å². The van der Waals surface area contributed by atoms with E-state index >= 15 is 0 Å². The normalized spacial score (nSPS) is 16.6. The average molecular weight is 321 g/mol. The summed E-state index contributed by atoms with van der Waals surface area (Å²) < 4.78 is 11.1. The Labute approximate surface area is 138 Å². The lowest BCUT2D eigenvalue weighted by molar-refractivity contribution is 0.0388. The molecule has 1 aromatic carbocycles. The molecule has 1 fully saturated rings. The van der Waals surface area contributed by atoms with Gasteiger partial charge in [0.1, 0.15) is 5.75 Å². The molecule has 0 spiro atoms. The standard InChI is InChI=1S/C17H27N3O3/c1-3-14(2)23-16-6-4-5-15(13-16)19-17(21)18-7-8-20-9-11-22-12-10-20/h4-6,13-14H,3,7-12H2,1-2H3,(H2,18,19,21). The summed E-state index contributed by atoms with van der Waals surface area (Å²) in [6, 6.07) is 7.27. The predicted octanol–water partition coefficient (Wildman–Crippen LogP) is 2.32. The Morgan fingerprint density at radius 1 is 1.39 bits per heavy atom. The monoisotopic (exact) mass is 321 g/mol. The van der Waals surface area contributed by atoms with E-state index < -0.39 is 0 Å². The third-order valence-electron chi connectivity index (χ3n) is 3.82.